The lowest BCUT2D eigenvalue weighted by atomic mass is 9.42. The van der Waals surface area contributed by atoms with Crippen LogP contribution in [0.5, 0.6) is 11.5 Å². The number of fused-ring (bicyclic) bond motifs is 6. The minimum Gasteiger partial charge on any atom is -0.457 e. The molecule has 1 heterocycles. The molecule has 6 aromatic rings. The number of benzene rings is 6. The van der Waals surface area contributed by atoms with Gasteiger partial charge in [0, 0.05) is 45.1 Å². The zero-order valence-electron chi connectivity index (χ0n) is 35.7. The minimum absolute atomic E-state index is 0.0142. The summed E-state index contributed by atoms with van der Waals surface area (Å²) in [6.07, 6.45) is 9.20. The molecular weight excluding hydrogens is 715 g/mol. The quantitative estimate of drug-likeness (QED) is 0.177. The molecule has 1 spiro atoms. The Hall–Kier alpha value is -5.08. The topological polar surface area (TPSA) is 12.5 Å². The molecule has 0 N–H and O–H groups in total. The molecule has 4 saturated carbocycles. The number of hydrogen-bond donors (Lipinski definition) is 0. The molecule has 1 aliphatic heterocycles. The fourth-order valence-corrected chi connectivity index (χ4v) is 13.9. The van der Waals surface area contributed by atoms with Crippen LogP contribution >= 0.6 is 0 Å². The molecule has 0 radical (unpaired) electrons. The van der Waals surface area contributed by atoms with Gasteiger partial charge in [-0.3, -0.25) is 0 Å². The third-order valence-electron chi connectivity index (χ3n) is 16.8. The second-order valence-corrected chi connectivity index (χ2v) is 21.3. The van der Waals surface area contributed by atoms with Crippen LogP contribution in [0.25, 0.3) is 22.3 Å². The van der Waals surface area contributed by atoms with Gasteiger partial charge < -0.3 is 9.64 Å². The van der Waals surface area contributed by atoms with Crippen molar-refractivity contribution in [3.63, 3.8) is 0 Å². The number of ether oxygens (including phenoxy) is 1. The smallest absolute Gasteiger partial charge is 0.133 e. The summed E-state index contributed by atoms with van der Waals surface area (Å²) < 4.78 is 7.31. The van der Waals surface area contributed by atoms with Crippen LogP contribution in [0.1, 0.15) is 120 Å². The highest BCUT2D eigenvalue weighted by molar-refractivity contribution is 5.86. The molecule has 0 atom stereocenters. The molecule has 2 nitrogen and oxygen atoms in total. The highest BCUT2D eigenvalue weighted by Gasteiger charge is 2.61. The number of nitrogens with zero attached hydrogens (tertiary/aromatic N) is 1. The summed E-state index contributed by atoms with van der Waals surface area (Å²) in [6, 6.07) is 49.0. The van der Waals surface area contributed by atoms with E-state index in [1.807, 2.05) is 0 Å². The minimum atomic E-state index is -0.0968. The van der Waals surface area contributed by atoms with Crippen LogP contribution in [0.4, 0.5) is 17.1 Å². The lowest BCUT2D eigenvalue weighted by molar-refractivity contribution is -0.0452. The van der Waals surface area contributed by atoms with Crippen LogP contribution in [-0.4, -0.2) is 0 Å². The van der Waals surface area contributed by atoms with Crippen LogP contribution in [0.15, 0.2) is 127 Å². The molecule has 4 bridgehead atoms. The van der Waals surface area contributed by atoms with E-state index in [0.717, 1.165) is 29.0 Å². The third-order valence-corrected chi connectivity index (χ3v) is 16.8. The Morgan fingerprint density at radius 3 is 1.69 bits per heavy atom. The third kappa shape index (κ3) is 5.04. The van der Waals surface area contributed by atoms with E-state index in [-0.39, 0.29) is 21.7 Å². The normalized spacial score (nSPS) is 26.6. The molecule has 4 fully saturated rings. The van der Waals surface area contributed by atoms with Gasteiger partial charge in [-0.15, -0.1) is 0 Å². The van der Waals surface area contributed by atoms with E-state index >= 15 is 0 Å². The van der Waals surface area contributed by atoms with Gasteiger partial charge in [0.05, 0.1) is 0 Å². The monoisotopic (exact) mass is 771 g/mol. The Balaban J connectivity index is 1.06. The first kappa shape index (κ1) is 35.8. The Labute approximate surface area is 351 Å². The van der Waals surface area contributed by atoms with E-state index in [1.165, 1.54) is 112 Å². The van der Waals surface area contributed by atoms with Crippen molar-refractivity contribution in [2.24, 2.45) is 23.7 Å². The SMILES string of the molecule is CC1(C)CCC(C)(C)c2cc(N(c3ccc4c(c3)Oc3cc(-c5ccccc5)ccc3C43C4CC5CC(C4)CC3C5)c3ccc4c(c3)C(C)(C)c3ccccc3-4)ccc21. The zero-order valence-corrected chi connectivity index (χ0v) is 35.7. The summed E-state index contributed by atoms with van der Waals surface area (Å²) in [4.78, 5) is 2.54. The fourth-order valence-electron chi connectivity index (χ4n) is 13.9. The van der Waals surface area contributed by atoms with Crippen molar-refractivity contribution >= 4 is 17.1 Å². The van der Waals surface area contributed by atoms with E-state index in [0.29, 0.717) is 11.8 Å². The van der Waals surface area contributed by atoms with Gasteiger partial charge in [0.15, 0.2) is 0 Å². The van der Waals surface area contributed by atoms with Crippen LogP contribution < -0.4 is 9.64 Å². The van der Waals surface area contributed by atoms with E-state index in [2.05, 4.69) is 174 Å². The van der Waals surface area contributed by atoms with E-state index < -0.39 is 0 Å². The standard InChI is InChI=1S/C57H57NO/c1-54(2)24-25-55(3,4)51-33-42(18-22-47(51)54)58(41-17-20-45-44-14-10-11-15-46(44)56(5,6)50(45)32-41)43-19-23-49-53(34-43)59-52-31-38(37-12-8-7-9-13-37)16-21-48(52)57(49)39-27-35-26-36(29-39)30-40(57)28-35/h7-23,31-36,39-40H,24-30H2,1-6H3. The number of rotatable bonds is 4. The molecule has 6 aromatic carbocycles. The van der Waals surface area contributed by atoms with Crippen LogP contribution in [0, 0.1) is 23.7 Å². The molecule has 0 amide bonds. The Morgan fingerprint density at radius 1 is 0.441 bits per heavy atom. The van der Waals surface area contributed by atoms with Crippen LogP contribution in [-0.2, 0) is 21.7 Å². The van der Waals surface area contributed by atoms with Crippen molar-refractivity contribution in [2.75, 3.05) is 4.90 Å². The summed E-state index contributed by atoms with van der Waals surface area (Å²) in [6.45, 7) is 14.5. The van der Waals surface area contributed by atoms with Crippen molar-refractivity contribution in [3.8, 4) is 33.8 Å². The molecule has 7 aliphatic rings. The zero-order chi connectivity index (χ0) is 40.1. The highest BCUT2D eigenvalue weighted by Crippen LogP contribution is 2.69. The van der Waals surface area contributed by atoms with Gasteiger partial charge in [-0.05, 0) is 160 Å². The van der Waals surface area contributed by atoms with Gasteiger partial charge in [0.2, 0.25) is 0 Å². The predicted molar refractivity (Wildman–Crippen MR) is 244 cm³/mol. The molecule has 13 rings (SSSR count). The Morgan fingerprint density at radius 2 is 0.983 bits per heavy atom. The van der Waals surface area contributed by atoms with Gasteiger partial charge in [0.25, 0.3) is 0 Å². The highest BCUT2D eigenvalue weighted by atomic mass is 16.5. The van der Waals surface area contributed by atoms with E-state index in [9.17, 15) is 0 Å². The molecule has 0 unspecified atom stereocenters. The van der Waals surface area contributed by atoms with Crippen molar-refractivity contribution in [2.45, 2.75) is 108 Å². The lowest BCUT2D eigenvalue weighted by Crippen LogP contribution is -2.57. The molecule has 296 valence electrons. The van der Waals surface area contributed by atoms with Crippen molar-refractivity contribution in [1.29, 1.82) is 0 Å². The van der Waals surface area contributed by atoms with Gasteiger partial charge in [-0.25, -0.2) is 0 Å². The largest absolute Gasteiger partial charge is 0.457 e. The summed E-state index contributed by atoms with van der Waals surface area (Å²) in [5, 5.41) is 0. The molecule has 6 aliphatic carbocycles. The summed E-state index contributed by atoms with van der Waals surface area (Å²) in [5.74, 6) is 5.16. The van der Waals surface area contributed by atoms with E-state index in [1.54, 1.807) is 0 Å². The second-order valence-electron chi connectivity index (χ2n) is 21.3. The van der Waals surface area contributed by atoms with Crippen LogP contribution in [0.2, 0.25) is 0 Å². The Kier molecular flexibility index (Phi) is 7.44. The number of hydrogen-bond acceptors (Lipinski definition) is 2. The van der Waals surface area contributed by atoms with Crippen molar-refractivity contribution < 1.29 is 4.74 Å². The second kappa shape index (κ2) is 12.2. The van der Waals surface area contributed by atoms with Gasteiger partial charge in [-0.1, -0.05) is 126 Å². The lowest BCUT2D eigenvalue weighted by Gasteiger charge is -2.63. The van der Waals surface area contributed by atoms with Crippen molar-refractivity contribution in [1.82, 2.24) is 0 Å². The maximum Gasteiger partial charge on any atom is 0.133 e. The van der Waals surface area contributed by atoms with Gasteiger partial charge in [-0.2, -0.15) is 0 Å². The van der Waals surface area contributed by atoms with Gasteiger partial charge in [0.1, 0.15) is 11.5 Å². The summed E-state index contributed by atoms with van der Waals surface area (Å²) >= 11 is 0. The average molecular weight is 772 g/mol. The molecule has 0 aromatic heterocycles. The predicted octanol–water partition coefficient (Wildman–Crippen LogP) is 15.3. The molecule has 2 heteroatoms. The first-order valence-electron chi connectivity index (χ1n) is 22.6. The summed E-state index contributed by atoms with van der Waals surface area (Å²) in [5.41, 5.74) is 17.5. The average Bonchev–Trinajstić information content (AvgIpc) is 3.46. The van der Waals surface area contributed by atoms with Crippen molar-refractivity contribution in [3.05, 3.63) is 161 Å². The fraction of sp³-hybridized carbons (Fsp3) is 0.368. The number of anilines is 3. The first-order chi connectivity index (χ1) is 28.4. The summed E-state index contributed by atoms with van der Waals surface area (Å²) in [7, 11) is 0. The molecule has 0 saturated heterocycles. The first-order valence-corrected chi connectivity index (χ1v) is 22.6. The Bertz CT molecular complexity index is 2670. The van der Waals surface area contributed by atoms with Gasteiger partial charge >= 0.3 is 0 Å². The van der Waals surface area contributed by atoms with E-state index in [4.69, 9.17) is 4.74 Å². The molecule has 59 heavy (non-hydrogen) atoms. The maximum atomic E-state index is 7.31. The maximum absolute atomic E-state index is 7.31. The van der Waals surface area contributed by atoms with Crippen LogP contribution in [0.3, 0.4) is 0 Å². The molecular formula is C57H57NO.